The van der Waals surface area contributed by atoms with Crippen LogP contribution in [-0.4, -0.2) is 76.7 Å². The summed E-state index contributed by atoms with van der Waals surface area (Å²) in [5.74, 6) is 0.919. The molecule has 2 aliphatic heterocycles. The molecule has 8 heteroatoms. The second kappa shape index (κ2) is 8.83. The quantitative estimate of drug-likeness (QED) is 0.567. The molecule has 0 aromatic carbocycles. The molecule has 2 saturated heterocycles. The fourth-order valence-electron chi connectivity index (χ4n) is 5.63. The molecule has 6 atom stereocenters. The minimum Gasteiger partial charge on any atom is -0.390 e. The number of aliphatic hydroxyl groups is 2. The maximum absolute atomic E-state index is 12.9. The maximum Gasteiger partial charge on any atom is 0.233 e. The molecular formula is C21H33NO6S. The zero-order chi connectivity index (χ0) is 20.6. The van der Waals surface area contributed by atoms with Crippen LogP contribution in [0.15, 0.2) is 0 Å². The number of rotatable bonds is 8. The van der Waals surface area contributed by atoms with Crippen molar-refractivity contribution in [2.45, 2.75) is 76.0 Å². The number of amides is 2. The summed E-state index contributed by atoms with van der Waals surface area (Å²) in [6.45, 7) is 0.325. The van der Waals surface area contributed by atoms with Crippen LogP contribution in [0, 0.1) is 17.3 Å². The lowest BCUT2D eigenvalue weighted by molar-refractivity contribution is -0.265. The molecule has 4 fully saturated rings. The monoisotopic (exact) mass is 427 g/mol. The number of thioether (sulfide) groups is 1. The van der Waals surface area contributed by atoms with Gasteiger partial charge in [0.25, 0.3) is 0 Å². The number of carbonyl (C=O) groups excluding carboxylic acids is 2. The van der Waals surface area contributed by atoms with Crippen LogP contribution in [0.25, 0.3) is 0 Å². The highest BCUT2D eigenvalue weighted by Crippen LogP contribution is 2.63. The Morgan fingerprint density at radius 1 is 1.24 bits per heavy atom. The van der Waals surface area contributed by atoms with Gasteiger partial charge in [-0.25, -0.2) is 0 Å². The molecule has 2 heterocycles. The van der Waals surface area contributed by atoms with Crippen molar-refractivity contribution >= 4 is 23.6 Å². The van der Waals surface area contributed by atoms with Crippen molar-refractivity contribution in [1.29, 1.82) is 0 Å². The van der Waals surface area contributed by atoms with E-state index in [2.05, 4.69) is 0 Å². The lowest BCUT2D eigenvalue weighted by Crippen LogP contribution is -2.51. The Morgan fingerprint density at radius 3 is 2.66 bits per heavy atom. The molecule has 164 valence electrons. The van der Waals surface area contributed by atoms with Crippen LogP contribution in [0.1, 0.15) is 51.4 Å². The lowest BCUT2D eigenvalue weighted by Gasteiger charge is -2.57. The summed E-state index contributed by atoms with van der Waals surface area (Å²) in [4.78, 5) is 26.7. The average molecular weight is 428 g/mol. The normalized spacial score (nSPS) is 38.9. The molecule has 7 nitrogen and oxygen atoms in total. The molecule has 2 aliphatic carbocycles. The predicted octanol–water partition coefficient (Wildman–Crippen LogP) is 1.55. The summed E-state index contributed by atoms with van der Waals surface area (Å²) in [5, 5.41) is 20.2. The van der Waals surface area contributed by atoms with Crippen LogP contribution >= 0.6 is 11.8 Å². The van der Waals surface area contributed by atoms with Crippen molar-refractivity contribution in [1.82, 2.24) is 4.90 Å². The zero-order valence-electron chi connectivity index (χ0n) is 17.1. The third-order valence-electron chi connectivity index (χ3n) is 7.59. The number of hydrogen-bond acceptors (Lipinski definition) is 7. The van der Waals surface area contributed by atoms with Gasteiger partial charge in [0.2, 0.25) is 11.8 Å². The standard InChI is InChI=1S/C21H33NO6S/c1-29-10-4-17-15(23)12-16(24)20(28-17)27-9-8-22-18(25)11-13(19(22)26)14-3-7-21(14)5-2-6-21/h13-17,20,23-24H,2-12H2,1H3/t13?,14?,15?,16-,17+,20?/m0/s1. The number of ether oxygens (including phenoxy) is 2. The van der Waals surface area contributed by atoms with Crippen molar-refractivity contribution in [3.8, 4) is 0 Å². The Balaban J connectivity index is 1.26. The molecule has 1 spiro atoms. The van der Waals surface area contributed by atoms with Gasteiger partial charge in [-0.1, -0.05) is 6.42 Å². The third-order valence-corrected chi connectivity index (χ3v) is 8.24. The van der Waals surface area contributed by atoms with Gasteiger partial charge in [0.15, 0.2) is 6.29 Å². The largest absolute Gasteiger partial charge is 0.390 e. The SMILES string of the molecule is CSCC[C@H]1OC(OCCN2C(=O)CC(C3CCC34CCC4)C2=O)[C@@H](O)CC1O. The topological polar surface area (TPSA) is 96.3 Å². The Hall–Kier alpha value is -0.670. The van der Waals surface area contributed by atoms with E-state index in [1.54, 1.807) is 11.8 Å². The van der Waals surface area contributed by atoms with Crippen LogP contribution in [0.4, 0.5) is 0 Å². The first-order valence-corrected chi connectivity index (χ1v) is 12.3. The summed E-state index contributed by atoms with van der Waals surface area (Å²) in [5.41, 5.74) is 0.347. The molecule has 2 N–H and O–H groups in total. The Morgan fingerprint density at radius 2 is 2.03 bits per heavy atom. The minimum atomic E-state index is -0.915. The number of carbonyl (C=O) groups is 2. The van der Waals surface area contributed by atoms with Crippen molar-refractivity contribution < 1.29 is 29.3 Å². The number of aliphatic hydroxyl groups excluding tert-OH is 2. The summed E-state index contributed by atoms with van der Waals surface area (Å²) in [6, 6.07) is 0. The van der Waals surface area contributed by atoms with Gasteiger partial charge in [0, 0.05) is 12.8 Å². The Labute approximate surface area is 176 Å². The van der Waals surface area contributed by atoms with Crippen LogP contribution < -0.4 is 0 Å². The lowest BCUT2D eigenvalue weighted by atomic mass is 9.47. The third kappa shape index (κ3) is 4.11. The van der Waals surface area contributed by atoms with Gasteiger partial charge < -0.3 is 19.7 Å². The van der Waals surface area contributed by atoms with Gasteiger partial charge in [-0.2, -0.15) is 11.8 Å². The first-order chi connectivity index (χ1) is 13.9. The van der Waals surface area contributed by atoms with Crippen LogP contribution in [0.2, 0.25) is 0 Å². The zero-order valence-corrected chi connectivity index (χ0v) is 17.9. The van der Waals surface area contributed by atoms with Gasteiger partial charge in [-0.05, 0) is 55.4 Å². The average Bonchev–Trinajstić information content (AvgIpc) is 2.88. The second-order valence-corrected chi connectivity index (χ2v) is 10.1. The number of hydrogen-bond donors (Lipinski definition) is 2. The Kier molecular flexibility index (Phi) is 6.56. The second-order valence-electron chi connectivity index (χ2n) is 9.12. The molecule has 29 heavy (non-hydrogen) atoms. The molecule has 2 amide bonds. The molecule has 2 saturated carbocycles. The molecule has 0 aromatic heterocycles. The van der Waals surface area contributed by atoms with E-state index >= 15 is 0 Å². The van der Waals surface area contributed by atoms with E-state index in [1.807, 2.05) is 6.26 Å². The van der Waals surface area contributed by atoms with Crippen molar-refractivity contribution in [2.75, 3.05) is 25.2 Å². The molecule has 0 radical (unpaired) electrons. The number of imide groups is 1. The molecule has 4 aliphatic rings. The fourth-order valence-corrected chi connectivity index (χ4v) is 6.09. The Bertz CT molecular complexity index is 621. The van der Waals surface area contributed by atoms with E-state index < -0.39 is 18.5 Å². The number of likely N-dealkylation sites (tertiary alicyclic amines) is 1. The van der Waals surface area contributed by atoms with Gasteiger partial charge in [-0.15, -0.1) is 0 Å². The highest BCUT2D eigenvalue weighted by Gasteiger charge is 2.57. The highest BCUT2D eigenvalue weighted by atomic mass is 32.2. The maximum atomic E-state index is 12.9. The van der Waals surface area contributed by atoms with E-state index in [4.69, 9.17) is 9.47 Å². The number of nitrogens with zero attached hydrogens (tertiary/aromatic N) is 1. The summed E-state index contributed by atoms with van der Waals surface area (Å²) in [6.07, 6.45) is 6.32. The van der Waals surface area contributed by atoms with Gasteiger partial charge >= 0.3 is 0 Å². The van der Waals surface area contributed by atoms with Gasteiger partial charge in [0.1, 0.15) is 6.10 Å². The first-order valence-electron chi connectivity index (χ1n) is 10.9. The first kappa shape index (κ1) is 21.6. The van der Waals surface area contributed by atoms with Crippen LogP contribution in [-0.2, 0) is 19.1 Å². The predicted molar refractivity (Wildman–Crippen MR) is 108 cm³/mol. The van der Waals surface area contributed by atoms with E-state index in [9.17, 15) is 19.8 Å². The van der Waals surface area contributed by atoms with Gasteiger partial charge in [0.05, 0.1) is 31.3 Å². The van der Waals surface area contributed by atoms with E-state index in [0.717, 1.165) is 12.2 Å². The molecule has 0 bridgehead atoms. The van der Waals surface area contributed by atoms with E-state index in [1.165, 1.54) is 30.6 Å². The summed E-state index contributed by atoms with van der Waals surface area (Å²) in [7, 11) is 0. The summed E-state index contributed by atoms with van der Waals surface area (Å²) >= 11 is 1.67. The van der Waals surface area contributed by atoms with Crippen molar-refractivity contribution in [3.63, 3.8) is 0 Å². The van der Waals surface area contributed by atoms with Crippen molar-refractivity contribution in [2.24, 2.45) is 17.3 Å². The van der Waals surface area contributed by atoms with E-state index in [-0.39, 0.29) is 43.4 Å². The molecule has 0 aromatic rings. The van der Waals surface area contributed by atoms with E-state index in [0.29, 0.717) is 24.2 Å². The summed E-state index contributed by atoms with van der Waals surface area (Å²) < 4.78 is 11.4. The van der Waals surface area contributed by atoms with Crippen molar-refractivity contribution in [3.05, 3.63) is 0 Å². The molecular weight excluding hydrogens is 394 g/mol. The van der Waals surface area contributed by atoms with Crippen LogP contribution in [0.5, 0.6) is 0 Å². The highest BCUT2D eigenvalue weighted by molar-refractivity contribution is 7.98. The van der Waals surface area contributed by atoms with Gasteiger partial charge in [-0.3, -0.25) is 14.5 Å². The van der Waals surface area contributed by atoms with Crippen LogP contribution in [0.3, 0.4) is 0 Å². The smallest absolute Gasteiger partial charge is 0.233 e. The molecule has 4 unspecified atom stereocenters. The molecule has 4 rings (SSSR count). The fraction of sp³-hybridized carbons (Fsp3) is 0.905. The minimum absolute atomic E-state index is 0.0482.